The Morgan fingerprint density at radius 1 is 0.727 bits per heavy atom. The van der Waals surface area contributed by atoms with Crippen molar-refractivity contribution >= 4 is 26.9 Å². The summed E-state index contributed by atoms with van der Waals surface area (Å²) in [7, 11) is -6.24. The molecule has 3 aliphatic rings. The summed E-state index contributed by atoms with van der Waals surface area (Å²) in [6, 6.07) is 22.9. The largest absolute Gasteiger partial charge is 0.748 e. The first kappa shape index (κ1) is 29.9. The van der Waals surface area contributed by atoms with Gasteiger partial charge in [-0.1, -0.05) is 84.9 Å². The van der Waals surface area contributed by atoms with Gasteiger partial charge in [-0.3, -0.25) is 4.79 Å². The number of aromatic hydroxyl groups is 1. The van der Waals surface area contributed by atoms with Gasteiger partial charge in [0.2, 0.25) is 0 Å². The Morgan fingerprint density at radius 3 is 1.70 bits per heavy atom. The topological polar surface area (TPSA) is 104 Å². The molecule has 4 aromatic rings. The first-order valence-corrected chi connectivity index (χ1v) is 14.8. The molecule has 0 fully saturated rings. The third-order valence-corrected chi connectivity index (χ3v) is 9.33. The zero-order valence-electron chi connectivity index (χ0n) is 22.3. The monoisotopic (exact) mass is 635 g/mol. The van der Waals surface area contributed by atoms with Gasteiger partial charge in [-0.15, -0.1) is 0 Å². The summed E-state index contributed by atoms with van der Waals surface area (Å²) in [6.07, 6.45) is -13.1. The molecule has 0 aromatic heterocycles. The molecule has 1 N–H and O–H groups in total. The number of esters is 1. The van der Waals surface area contributed by atoms with E-state index >= 15 is 0 Å². The number of phenolic OH excluding ortho intramolecular Hbond substituents is 1. The Bertz CT molecular complexity index is 1840. The highest BCUT2D eigenvalue weighted by molar-refractivity contribution is 7.85. The Labute approximate surface area is 246 Å². The lowest BCUT2D eigenvalue weighted by molar-refractivity contribution is -0.362. The van der Waals surface area contributed by atoms with Crippen LogP contribution in [0, 0.1) is 5.92 Å². The highest BCUT2D eigenvalue weighted by Crippen LogP contribution is 2.63. The molecule has 3 aliphatic carbocycles. The fraction of sp³-hybridized carbons (Fsp3) is 0.258. The quantitative estimate of drug-likeness (QED) is 0.153. The van der Waals surface area contributed by atoms with Crippen LogP contribution in [0.15, 0.2) is 84.9 Å². The maximum Gasteiger partial charge on any atom is 0.438 e. The van der Waals surface area contributed by atoms with Crippen molar-refractivity contribution in [3.05, 3.63) is 113 Å². The fourth-order valence-corrected chi connectivity index (χ4v) is 7.72. The van der Waals surface area contributed by atoms with Gasteiger partial charge in [0.05, 0.1) is 21.8 Å². The number of carbonyl (C=O) groups excluding carboxylic acids is 1. The van der Waals surface area contributed by atoms with Gasteiger partial charge in [-0.2, -0.15) is 26.3 Å². The molecule has 0 spiro atoms. The Balaban J connectivity index is 1.61. The predicted molar refractivity (Wildman–Crippen MR) is 144 cm³/mol. The molecule has 230 valence electrons. The first-order valence-electron chi connectivity index (χ1n) is 13.2. The minimum atomic E-state index is -6.53. The summed E-state index contributed by atoms with van der Waals surface area (Å²) >= 11 is 0. The van der Waals surface area contributed by atoms with E-state index in [1.54, 1.807) is 78.9 Å². The first-order chi connectivity index (χ1) is 20.6. The van der Waals surface area contributed by atoms with Crippen molar-refractivity contribution in [1.82, 2.24) is 0 Å². The second-order valence-electron chi connectivity index (χ2n) is 10.9. The minimum Gasteiger partial charge on any atom is -0.748 e. The summed E-state index contributed by atoms with van der Waals surface area (Å²) in [6.45, 7) is 0. The molecule has 0 amide bonds. The van der Waals surface area contributed by atoms with Gasteiger partial charge in [0.25, 0.3) is 0 Å². The van der Waals surface area contributed by atoms with E-state index in [4.69, 9.17) is 0 Å². The standard InChI is InChI=1S/C31H22F6O6S/c32-30(33,34)29(31(35,36)37,15-44(40,41)42)43-28(39)26-24-20-11-5-3-9-18(20)23(19-10-4-6-12-21(19)24)25(26)22-14-13-16-7-1-2-8-17(16)27(22)38/h1-14,23-26,38H,15H2,(H,40,41,42)/p-1. The molecule has 2 bridgehead atoms. The summed E-state index contributed by atoms with van der Waals surface area (Å²) < 4.78 is 124. The average molecular weight is 636 g/mol. The molecular formula is C31H21F6O6S-. The van der Waals surface area contributed by atoms with Crippen molar-refractivity contribution in [2.24, 2.45) is 5.92 Å². The molecule has 7 rings (SSSR count). The lowest BCUT2D eigenvalue weighted by Gasteiger charge is -2.50. The van der Waals surface area contributed by atoms with E-state index in [9.17, 15) is 49.2 Å². The number of hydrogen-bond acceptors (Lipinski definition) is 6. The third-order valence-electron chi connectivity index (χ3n) is 8.57. The van der Waals surface area contributed by atoms with Crippen LogP contribution < -0.4 is 0 Å². The number of carbonyl (C=O) groups is 1. The number of halogens is 6. The van der Waals surface area contributed by atoms with Gasteiger partial charge in [0, 0.05) is 23.1 Å². The number of alkyl halides is 6. The smallest absolute Gasteiger partial charge is 0.438 e. The van der Waals surface area contributed by atoms with E-state index in [-0.39, 0.29) is 11.3 Å². The van der Waals surface area contributed by atoms with Crippen LogP contribution >= 0.6 is 0 Å². The van der Waals surface area contributed by atoms with E-state index in [2.05, 4.69) is 4.74 Å². The van der Waals surface area contributed by atoms with Crippen LogP contribution in [0.3, 0.4) is 0 Å². The SMILES string of the molecule is O=C(OC(CS(=O)(=O)[O-])(C(F)(F)F)C(F)(F)F)C1C2c3ccccc3C(c3ccccc32)C1c1ccc2ccccc2c1O. The normalized spacial score (nSPS) is 21.5. The van der Waals surface area contributed by atoms with Gasteiger partial charge in [-0.05, 0) is 33.2 Å². The van der Waals surface area contributed by atoms with Crippen molar-refractivity contribution in [3.63, 3.8) is 0 Å². The van der Waals surface area contributed by atoms with Crippen molar-refractivity contribution in [2.75, 3.05) is 5.75 Å². The fourth-order valence-electron chi connectivity index (χ4n) is 6.83. The van der Waals surface area contributed by atoms with Crippen molar-refractivity contribution in [2.45, 2.75) is 35.7 Å². The molecule has 6 nitrogen and oxygen atoms in total. The van der Waals surface area contributed by atoms with Gasteiger partial charge >= 0.3 is 23.9 Å². The Hall–Kier alpha value is -4.10. The highest BCUT2D eigenvalue weighted by atomic mass is 32.2. The van der Waals surface area contributed by atoms with E-state index in [1.165, 1.54) is 6.07 Å². The summed E-state index contributed by atoms with van der Waals surface area (Å²) in [5, 5.41) is 12.4. The number of hydrogen-bond donors (Lipinski definition) is 1. The van der Waals surface area contributed by atoms with Gasteiger partial charge < -0.3 is 14.4 Å². The molecule has 2 atom stereocenters. The molecular weight excluding hydrogens is 614 g/mol. The number of benzene rings is 4. The van der Waals surface area contributed by atoms with Crippen LogP contribution in [0.4, 0.5) is 26.3 Å². The molecule has 0 heterocycles. The van der Waals surface area contributed by atoms with Gasteiger partial charge in [0.1, 0.15) is 5.75 Å². The van der Waals surface area contributed by atoms with Gasteiger partial charge in [-0.25, -0.2) is 8.42 Å². The van der Waals surface area contributed by atoms with E-state index in [0.29, 0.717) is 33.0 Å². The zero-order valence-corrected chi connectivity index (χ0v) is 23.1. The van der Waals surface area contributed by atoms with Crippen LogP contribution in [-0.2, 0) is 19.6 Å². The van der Waals surface area contributed by atoms with Crippen LogP contribution in [-0.4, -0.2) is 47.8 Å². The molecule has 13 heteroatoms. The van der Waals surface area contributed by atoms with Crippen LogP contribution in [0.2, 0.25) is 0 Å². The molecule has 0 aliphatic heterocycles. The summed E-state index contributed by atoms with van der Waals surface area (Å²) in [4.78, 5) is 14.0. The summed E-state index contributed by atoms with van der Waals surface area (Å²) in [5.41, 5.74) is -3.35. The molecule has 0 saturated carbocycles. The number of ether oxygens (including phenoxy) is 1. The predicted octanol–water partition coefficient (Wildman–Crippen LogP) is 6.49. The maximum absolute atomic E-state index is 14.2. The lowest BCUT2D eigenvalue weighted by Crippen LogP contribution is -2.64. The molecule has 0 radical (unpaired) electrons. The molecule has 44 heavy (non-hydrogen) atoms. The van der Waals surface area contributed by atoms with Crippen molar-refractivity contribution < 1.29 is 54.0 Å². The summed E-state index contributed by atoms with van der Waals surface area (Å²) in [5.74, 6) is -10.4. The van der Waals surface area contributed by atoms with Crippen LogP contribution in [0.25, 0.3) is 10.8 Å². The maximum atomic E-state index is 14.2. The van der Waals surface area contributed by atoms with Crippen molar-refractivity contribution in [1.29, 1.82) is 0 Å². The second kappa shape index (κ2) is 9.96. The second-order valence-corrected chi connectivity index (χ2v) is 12.3. The van der Waals surface area contributed by atoms with Crippen molar-refractivity contribution in [3.8, 4) is 5.75 Å². The zero-order chi connectivity index (χ0) is 31.8. The van der Waals surface area contributed by atoms with Gasteiger partial charge in [0.15, 0.2) is 0 Å². The van der Waals surface area contributed by atoms with E-state index < -0.39 is 63.5 Å². The highest BCUT2D eigenvalue weighted by Gasteiger charge is 2.75. The Morgan fingerprint density at radius 2 is 1.20 bits per heavy atom. The van der Waals surface area contributed by atoms with Crippen LogP contribution in [0.5, 0.6) is 5.75 Å². The number of phenols is 1. The molecule has 2 unspecified atom stereocenters. The average Bonchev–Trinajstić information content (AvgIpc) is 2.95. The number of fused-ring (bicyclic) bond motifs is 2. The number of rotatable bonds is 5. The van der Waals surface area contributed by atoms with E-state index in [1.807, 2.05) is 0 Å². The van der Waals surface area contributed by atoms with Crippen LogP contribution in [0.1, 0.15) is 45.6 Å². The Kier molecular flexibility index (Phi) is 6.78. The minimum absolute atomic E-state index is 0.0747. The lowest BCUT2D eigenvalue weighted by atomic mass is 9.52. The van der Waals surface area contributed by atoms with E-state index in [0.717, 1.165) is 0 Å². The molecule has 4 aromatic carbocycles. The molecule has 0 saturated heterocycles. The third kappa shape index (κ3) is 4.52.